The highest BCUT2D eigenvalue weighted by molar-refractivity contribution is 6.45. The molecule has 0 atom stereocenters. The Bertz CT molecular complexity index is 652. The van der Waals surface area contributed by atoms with Gasteiger partial charge in [0.05, 0.1) is 5.56 Å². The first-order valence-electron chi connectivity index (χ1n) is 6.39. The molecule has 0 saturated carbocycles. The molecule has 0 aliphatic rings. The summed E-state index contributed by atoms with van der Waals surface area (Å²) in [6.45, 7) is 0. The van der Waals surface area contributed by atoms with Gasteiger partial charge in [-0.05, 0) is 24.3 Å². The van der Waals surface area contributed by atoms with Crippen LogP contribution in [0.4, 0.5) is 0 Å². The van der Waals surface area contributed by atoms with Gasteiger partial charge in [-0.2, -0.15) is 0 Å². The monoisotopic (exact) mass is 284 g/mol. The number of oxime groups is 1. The fraction of sp³-hybridized carbons (Fsp3) is 0.125. The highest BCUT2D eigenvalue weighted by atomic mass is 16.5. The summed E-state index contributed by atoms with van der Waals surface area (Å²) in [5, 5.41) is 12.3. The van der Waals surface area contributed by atoms with E-state index in [0.29, 0.717) is 17.1 Å². The third-order valence-corrected chi connectivity index (χ3v) is 2.82. The molecular formula is C16H16N2O3. The third-order valence-electron chi connectivity index (χ3n) is 2.82. The lowest BCUT2D eigenvalue weighted by molar-refractivity contribution is -0.121. The van der Waals surface area contributed by atoms with Crippen LogP contribution in [0.1, 0.15) is 5.56 Å². The number of rotatable bonds is 4. The summed E-state index contributed by atoms with van der Waals surface area (Å²) < 4.78 is 5.76. The first-order chi connectivity index (χ1) is 10.1. The summed E-state index contributed by atoms with van der Waals surface area (Å²) in [7, 11) is 3.18. The summed E-state index contributed by atoms with van der Waals surface area (Å²) >= 11 is 0. The normalized spacial score (nSPS) is 11.0. The molecule has 0 aliphatic heterocycles. The molecule has 2 aromatic carbocycles. The zero-order valence-electron chi connectivity index (χ0n) is 11.9. The molecule has 0 heterocycles. The molecule has 0 radical (unpaired) electrons. The van der Waals surface area contributed by atoms with Gasteiger partial charge in [0.2, 0.25) is 0 Å². The number of carbonyl (C=O) groups excluding carboxylic acids is 1. The average Bonchev–Trinajstić information content (AvgIpc) is 2.50. The SMILES string of the molecule is CN(C)C(=O)C(=NO)c1ccccc1Oc1ccccc1. The van der Waals surface area contributed by atoms with Crippen LogP contribution in [0.3, 0.4) is 0 Å². The van der Waals surface area contributed by atoms with Gasteiger partial charge in [-0.15, -0.1) is 0 Å². The number of para-hydroxylation sites is 2. The Hall–Kier alpha value is -2.82. The first kappa shape index (κ1) is 14.6. The van der Waals surface area contributed by atoms with E-state index >= 15 is 0 Å². The van der Waals surface area contributed by atoms with E-state index in [-0.39, 0.29) is 5.71 Å². The van der Waals surface area contributed by atoms with Crippen LogP contribution in [0.5, 0.6) is 11.5 Å². The summed E-state index contributed by atoms with van der Waals surface area (Å²) in [4.78, 5) is 13.4. The van der Waals surface area contributed by atoms with Crippen molar-refractivity contribution in [3.05, 3.63) is 60.2 Å². The van der Waals surface area contributed by atoms with E-state index in [9.17, 15) is 10.0 Å². The molecule has 2 aromatic rings. The van der Waals surface area contributed by atoms with Crippen molar-refractivity contribution in [2.24, 2.45) is 5.16 Å². The van der Waals surface area contributed by atoms with Crippen molar-refractivity contribution in [2.45, 2.75) is 0 Å². The van der Waals surface area contributed by atoms with E-state index in [2.05, 4.69) is 5.16 Å². The average molecular weight is 284 g/mol. The van der Waals surface area contributed by atoms with Gasteiger partial charge in [-0.1, -0.05) is 35.5 Å². The number of nitrogens with zero attached hydrogens (tertiary/aromatic N) is 2. The zero-order valence-corrected chi connectivity index (χ0v) is 11.9. The van der Waals surface area contributed by atoms with Crippen molar-refractivity contribution in [1.29, 1.82) is 0 Å². The molecule has 5 nitrogen and oxygen atoms in total. The van der Waals surface area contributed by atoms with Gasteiger partial charge in [0.25, 0.3) is 5.91 Å². The molecule has 0 spiro atoms. The third kappa shape index (κ3) is 3.39. The Balaban J connectivity index is 2.39. The molecule has 21 heavy (non-hydrogen) atoms. The summed E-state index contributed by atoms with van der Waals surface area (Å²) in [6.07, 6.45) is 0. The minimum atomic E-state index is -0.401. The molecule has 0 fully saturated rings. The summed E-state index contributed by atoms with van der Waals surface area (Å²) in [5.74, 6) is 0.688. The summed E-state index contributed by atoms with van der Waals surface area (Å²) in [6, 6.07) is 16.1. The Labute approximate surface area is 123 Å². The predicted octanol–water partition coefficient (Wildman–Crippen LogP) is 2.75. The molecule has 0 aromatic heterocycles. The number of hydrogen-bond donors (Lipinski definition) is 1. The lowest BCUT2D eigenvalue weighted by Gasteiger charge is -2.14. The van der Waals surface area contributed by atoms with Crippen LogP contribution in [-0.4, -0.2) is 35.8 Å². The van der Waals surface area contributed by atoms with Crippen molar-refractivity contribution in [1.82, 2.24) is 4.90 Å². The Morgan fingerprint density at radius 1 is 1.05 bits per heavy atom. The second-order valence-corrected chi connectivity index (χ2v) is 4.56. The Kier molecular flexibility index (Phi) is 4.56. The highest BCUT2D eigenvalue weighted by Gasteiger charge is 2.20. The molecule has 1 N–H and O–H groups in total. The van der Waals surface area contributed by atoms with Gasteiger partial charge >= 0.3 is 0 Å². The standard InChI is InChI=1S/C16H16N2O3/c1-18(2)16(19)15(17-20)13-10-6-7-11-14(13)21-12-8-4-3-5-9-12/h3-11,20H,1-2H3. The molecular weight excluding hydrogens is 268 g/mol. The van der Waals surface area contributed by atoms with Gasteiger partial charge < -0.3 is 14.8 Å². The Morgan fingerprint density at radius 3 is 2.29 bits per heavy atom. The quantitative estimate of drug-likeness (QED) is 0.533. The topological polar surface area (TPSA) is 62.1 Å². The second-order valence-electron chi connectivity index (χ2n) is 4.56. The van der Waals surface area contributed by atoms with Crippen LogP contribution < -0.4 is 4.74 Å². The molecule has 0 unspecified atom stereocenters. The minimum absolute atomic E-state index is 0.0634. The van der Waals surface area contributed by atoms with Crippen molar-refractivity contribution >= 4 is 11.6 Å². The van der Waals surface area contributed by atoms with Gasteiger partial charge in [0.1, 0.15) is 11.5 Å². The van der Waals surface area contributed by atoms with Crippen LogP contribution in [0.25, 0.3) is 0 Å². The molecule has 108 valence electrons. The lowest BCUT2D eigenvalue weighted by Crippen LogP contribution is -2.30. The molecule has 1 amide bonds. The van der Waals surface area contributed by atoms with Crippen LogP contribution in [-0.2, 0) is 4.79 Å². The molecule has 0 saturated heterocycles. The minimum Gasteiger partial charge on any atom is -0.457 e. The Morgan fingerprint density at radius 2 is 1.67 bits per heavy atom. The number of likely N-dealkylation sites (N-methyl/N-ethyl adjacent to an activating group) is 1. The zero-order chi connectivity index (χ0) is 15.2. The predicted molar refractivity (Wildman–Crippen MR) is 80.0 cm³/mol. The first-order valence-corrected chi connectivity index (χ1v) is 6.39. The number of benzene rings is 2. The van der Waals surface area contributed by atoms with Crippen LogP contribution in [0.2, 0.25) is 0 Å². The van der Waals surface area contributed by atoms with E-state index in [1.54, 1.807) is 50.5 Å². The maximum absolute atomic E-state index is 12.1. The molecule has 5 heteroatoms. The van der Waals surface area contributed by atoms with E-state index in [4.69, 9.17) is 4.74 Å². The van der Waals surface area contributed by atoms with E-state index in [1.165, 1.54) is 4.90 Å². The van der Waals surface area contributed by atoms with Crippen LogP contribution in [0.15, 0.2) is 59.8 Å². The highest BCUT2D eigenvalue weighted by Crippen LogP contribution is 2.25. The van der Waals surface area contributed by atoms with Crippen LogP contribution >= 0.6 is 0 Å². The van der Waals surface area contributed by atoms with Crippen LogP contribution in [0, 0.1) is 0 Å². The number of hydrogen-bond acceptors (Lipinski definition) is 4. The number of amides is 1. The van der Waals surface area contributed by atoms with Gasteiger partial charge in [-0.3, -0.25) is 4.79 Å². The molecule has 2 rings (SSSR count). The van der Waals surface area contributed by atoms with Crippen molar-refractivity contribution in [3.8, 4) is 11.5 Å². The number of carbonyl (C=O) groups is 1. The lowest BCUT2D eigenvalue weighted by atomic mass is 10.1. The maximum Gasteiger partial charge on any atom is 0.276 e. The van der Waals surface area contributed by atoms with Gasteiger partial charge in [-0.25, -0.2) is 0 Å². The summed E-state index contributed by atoms with van der Waals surface area (Å²) in [5.41, 5.74) is 0.370. The van der Waals surface area contributed by atoms with E-state index in [0.717, 1.165) is 0 Å². The van der Waals surface area contributed by atoms with E-state index in [1.807, 2.05) is 18.2 Å². The number of ether oxygens (including phenoxy) is 1. The van der Waals surface area contributed by atoms with Crippen molar-refractivity contribution in [3.63, 3.8) is 0 Å². The van der Waals surface area contributed by atoms with Gasteiger partial charge in [0.15, 0.2) is 5.71 Å². The molecule has 0 aliphatic carbocycles. The van der Waals surface area contributed by atoms with E-state index < -0.39 is 5.91 Å². The molecule has 0 bridgehead atoms. The fourth-order valence-electron chi connectivity index (χ4n) is 1.79. The largest absolute Gasteiger partial charge is 0.457 e. The second kappa shape index (κ2) is 6.56. The van der Waals surface area contributed by atoms with Crippen molar-refractivity contribution < 1.29 is 14.7 Å². The van der Waals surface area contributed by atoms with Gasteiger partial charge in [0, 0.05) is 14.1 Å². The maximum atomic E-state index is 12.1. The fourth-order valence-corrected chi connectivity index (χ4v) is 1.79. The smallest absolute Gasteiger partial charge is 0.276 e. The van der Waals surface area contributed by atoms with Crippen molar-refractivity contribution in [2.75, 3.05) is 14.1 Å².